The Morgan fingerprint density at radius 1 is 0.938 bits per heavy atom. The van der Waals surface area contributed by atoms with Crippen LogP contribution in [0, 0.1) is 17.0 Å². The first kappa shape index (κ1) is 11.9. The number of nitro groups is 1. The van der Waals surface area contributed by atoms with Crippen molar-refractivity contribution in [2.75, 3.05) is 0 Å². The molecule has 3 nitrogen and oxygen atoms in total. The monoisotopic (exact) mass is 216 g/mol. The van der Waals surface area contributed by atoms with Gasteiger partial charge in [0.05, 0.1) is 4.92 Å². The molecule has 82 valence electrons. The number of rotatable bonds is 1. The summed E-state index contributed by atoms with van der Waals surface area (Å²) < 4.78 is 0. The Kier molecular flexibility index (Phi) is 4.73. The summed E-state index contributed by atoms with van der Waals surface area (Å²) in [6, 6.07) is 18.2. The van der Waals surface area contributed by atoms with E-state index in [0.29, 0.717) is 0 Å². The molecule has 2 rings (SSSR count). The van der Waals surface area contributed by atoms with Gasteiger partial charge in [0.25, 0.3) is 5.69 Å². The van der Waals surface area contributed by atoms with Crippen LogP contribution in [0.15, 0.2) is 60.7 Å². The predicted octanol–water partition coefficient (Wildman–Crippen LogP) is 3.70. The third-order valence-electron chi connectivity index (χ3n) is 1.91. The second-order valence-corrected chi connectivity index (χ2v) is 3.25. The van der Waals surface area contributed by atoms with Crippen molar-refractivity contribution in [2.24, 2.45) is 0 Å². The summed E-state index contributed by atoms with van der Waals surface area (Å²) in [4.78, 5) is 9.59. The van der Waals surface area contributed by atoms with Gasteiger partial charge in [0.1, 0.15) is 0 Å². The zero-order valence-corrected chi connectivity index (χ0v) is 9.04. The highest BCUT2D eigenvalue weighted by Crippen LogP contribution is 2.06. The second-order valence-electron chi connectivity index (χ2n) is 3.25. The van der Waals surface area contributed by atoms with Gasteiger partial charge in [-0.25, -0.2) is 0 Å². The Morgan fingerprint density at radius 2 is 1.38 bits per heavy atom. The molecule has 0 unspecified atom stereocenters. The van der Waals surface area contributed by atoms with Gasteiger partial charge in [0.2, 0.25) is 0 Å². The fraction of sp³-hybridized carbons (Fsp3) is 0.0769. The Hall–Kier alpha value is -2.16. The highest BCUT2D eigenvalue weighted by atomic mass is 16.6. The van der Waals surface area contributed by atoms with Crippen LogP contribution in [-0.4, -0.2) is 4.92 Å². The van der Waals surface area contributed by atoms with Crippen LogP contribution in [0.1, 0.15) is 6.99 Å². The SMILES string of the molecule is Cc1ccccc1.O=[N+]([O-])c1ccccc1.[H+]. The molecule has 0 saturated carbocycles. The molecule has 0 aliphatic rings. The molecule has 3 heteroatoms. The largest absolute Gasteiger partial charge is 1.00 e. The van der Waals surface area contributed by atoms with E-state index in [2.05, 4.69) is 19.1 Å². The average Bonchev–Trinajstić information content (AvgIpc) is 2.32. The minimum Gasteiger partial charge on any atom is -0.258 e. The molecule has 0 fully saturated rings. The average molecular weight is 216 g/mol. The number of nitro benzene ring substituents is 1. The zero-order valence-electron chi connectivity index (χ0n) is 10.0. The minimum atomic E-state index is -0.417. The Bertz CT molecular complexity index is 432. The van der Waals surface area contributed by atoms with Gasteiger partial charge in [-0.05, 0) is 6.92 Å². The summed E-state index contributed by atoms with van der Waals surface area (Å²) in [5.74, 6) is 0. The maximum absolute atomic E-state index is 10.0. The van der Waals surface area contributed by atoms with Crippen molar-refractivity contribution in [1.29, 1.82) is 0 Å². The molecule has 2 aromatic carbocycles. The van der Waals surface area contributed by atoms with Gasteiger partial charge < -0.3 is 0 Å². The topological polar surface area (TPSA) is 43.1 Å². The maximum atomic E-state index is 10.0. The molecule has 0 amide bonds. The Morgan fingerprint density at radius 3 is 1.62 bits per heavy atom. The molecule has 0 N–H and O–H groups in total. The molecule has 0 bridgehead atoms. The van der Waals surface area contributed by atoms with Crippen LogP contribution in [0.3, 0.4) is 0 Å². The second kappa shape index (κ2) is 6.35. The van der Waals surface area contributed by atoms with Gasteiger partial charge in [-0.15, -0.1) is 0 Å². The van der Waals surface area contributed by atoms with Crippen molar-refractivity contribution in [1.82, 2.24) is 0 Å². The number of para-hydroxylation sites is 1. The van der Waals surface area contributed by atoms with Crippen LogP contribution in [0.5, 0.6) is 0 Å². The number of aryl methyl sites for hydroxylation is 1. The maximum Gasteiger partial charge on any atom is 1.00 e. The lowest BCUT2D eigenvalue weighted by atomic mass is 10.2. The highest BCUT2D eigenvalue weighted by molar-refractivity contribution is 5.27. The highest BCUT2D eigenvalue weighted by Gasteiger charge is 1.98. The van der Waals surface area contributed by atoms with Crippen LogP contribution in [-0.2, 0) is 0 Å². The number of benzene rings is 2. The van der Waals surface area contributed by atoms with Crippen LogP contribution in [0.2, 0.25) is 0 Å². The van der Waals surface area contributed by atoms with E-state index >= 15 is 0 Å². The first-order valence-electron chi connectivity index (χ1n) is 4.91. The molecule has 0 atom stereocenters. The number of nitrogens with zero attached hydrogens (tertiary/aromatic N) is 1. The van der Waals surface area contributed by atoms with Gasteiger partial charge in [-0.3, -0.25) is 10.1 Å². The van der Waals surface area contributed by atoms with Gasteiger partial charge in [0.15, 0.2) is 0 Å². The summed E-state index contributed by atoms with van der Waals surface area (Å²) in [5, 5.41) is 10.0. The molecule has 0 heterocycles. The van der Waals surface area contributed by atoms with Crippen LogP contribution in [0.4, 0.5) is 5.69 Å². The number of non-ortho nitro benzene ring substituents is 1. The third-order valence-corrected chi connectivity index (χ3v) is 1.91. The molecule has 0 aliphatic carbocycles. The van der Waals surface area contributed by atoms with E-state index in [1.165, 1.54) is 17.7 Å². The third kappa shape index (κ3) is 4.37. The van der Waals surface area contributed by atoms with E-state index in [0.717, 1.165) is 0 Å². The van der Waals surface area contributed by atoms with Crippen LogP contribution in [0.25, 0.3) is 0 Å². The van der Waals surface area contributed by atoms with Crippen molar-refractivity contribution < 1.29 is 6.35 Å². The van der Waals surface area contributed by atoms with E-state index in [4.69, 9.17) is 0 Å². The van der Waals surface area contributed by atoms with Gasteiger partial charge >= 0.3 is 1.43 Å². The van der Waals surface area contributed by atoms with E-state index in [1.807, 2.05) is 18.2 Å². The molecular weight excluding hydrogens is 202 g/mol. The Labute approximate surface area is 96.0 Å². The summed E-state index contributed by atoms with van der Waals surface area (Å²) in [6.07, 6.45) is 0. The van der Waals surface area contributed by atoms with Crippen molar-refractivity contribution in [2.45, 2.75) is 6.92 Å². The van der Waals surface area contributed by atoms with Gasteiger partial charge in [0, 0.05) is 12.1 Å². The van der Waals surface area contributed by atoms with E-state index in [9.17, 15) is 10.1 Å². The van der Waals surface area contributed by atoms with Crippen molar-refractivity contribution in [3.05, 3.63) is 76.3 Å². The first-order valence-corrected chi connectivity index (χ1v) is 4.91. The van der Waals surface area contributed by atoms with E-state index in [-0.39, 0.29) is 7.11 Å². The lowest BCUT2D eigenvalue weighted by Crippen LogP contribution is -1.84. The fourth-order valence-corrected chi connectivity index (χ4v) is 1.08. The number of hydrogen-bond acceptors (Lipinski definition) is 2. The standard InChI is InChI=1S/C7H8.C6H5NO2/c1-7-5-3-2-4-6-7;8-7(9)6-4-2-1-3-5-6/h2-6H,1H3;1-5H/p+1. The van der Waals surface area contributed by atoms with E-state index < -0.39 is 4.92 Å². The normalized spacial score (nSPS) is 8.81. The molecule has 0 spiro atoms. The quantitative estimate of drug-likeness (QED) is 0.538. The smallest absolute Gasteiger partial charge is 0.258 e. The summed E-state index contributed by atoms with van der Waals surface area (Å²) in [7, 11) is 0. The van der Waals surface area contributed by atoms with E-state index in [1.54, 1.807) is 18.2 Å². The van der Waals surface area contributed by atoms with Gasteiger partial charge in [-0.1, -0.05) is 54.1 Å². The molecule has 0 radical (unpaired) electrons. The molecule has 0 aliphatic heterocycles. The van der Waals surface area contributed by atoms with Crippen LogP contribution < -0.4 is 0 Å². The lowest BCUT2D eigenvalue weighted by Gasteiger charge is -1.85. The number of hydrogen-bond donors (Lipinski definition) is 0. The molecule has 16 heavy (non-hydrogen) atoms. The summed E-state index contributed by atoms with van der Waals surface area (Å²) in [6.45, 7) is 2.08. The lowest BCUT2D eigenvalue weighted by molar-refractivity contribution is -0.384. The van der Waals surface area contributed by atoms with Crippen molar-refractivity contribution in [3.8, 4) is 0 Å². The molecule has 2 aromatic rings. The zero-order chi connectivity index (χ0) is 11.8. The van der Waals surface area contributed by atoms with Gasteiger partial charge in [-0.2, -0.15) is 0 Å². The predicted molar refractivity (Wildman–Crippen MR) is 65.4 cm³/mol. The molecule has 0 saturated heterocycles. The van der Waals surface area contributed by atoms with Crippen molar-refractivity contribution in [3.63, 3.8) is 0 Å². The Balaban J connectivity index is 0.000000292. The molecule has 0 aromatic heterocycles. The molecular formula is C13H14NO2+. The summed E-state index contributed by atoms with van der Waals surface area (Å²) >= 11 is 0. The van der Waals surface area contributed by atoms with Crippen molar-refractivity contribution >= 4 is 5.69 Å². The fourth-order valence-electron chi connectivity index (χ4n) is 1.08. The van der Waals surface area contributed by atoms with Crippen LogP contribution >= 0.6 is 0 Å². The minimum absolute atomic E-state index is 0. The summed E-state index contributed by atoms with van der Waals surface area (Å²) in [5.41, 5.74) is 1.46. The first-order chi connectivity index (χ1) is 7.70.